The molecule has 1 N–H and O–H groups in total. The summed E-state index contributed by atoms with van der Waals surface area (Å²) in [6, 6.07) is 13.5. The number of nitrogens with zero attached hydrogens (tertiary/aromatic N) is 4. The summed E-state index contributed by atoms with van der Waals surface area (Å²) < 4.78 is 12.9. The van der Waals surface area contributed by atoms with E-state index in [0.717, 1.165) is 0 Å². The zero-order chi connectivity index (χ0) is 17.8. The molecule has 0 saturated carbocycles. The molecule has 2 aromatic carbocycles. The Bertz CT molecular complexity index is 856. The molecule has 0 saturated heterocycles. The van der Waals surface area contributed by atoms with Crippen molar-refractivity contribution in [1.29, 1.82) is 0 Å². The van der Waals surface area contributed by atoms with E-state index in [0.29, 0.717) is 23.0 Å². The highest BCUT2D eigenvalue weighted by Gasteiger charge is 2.10. The number of halogens is 1. The van der Waals surface area contributed by atoms with Crippen molar-refractivity contribution in [3.63, 3.8) is 0 Å². The van der Waals surface area contributed by atoms with E-state index in [4.69, 9.17) is 0 Å². The molecule has 25 heavy (non-hydrogen) atoms. The van der Waals surface area contributed by atoms with Crippen LogP contribution in [0.2, 0.25) is 0 Å². The summed E-state index contributed by atoms with van der Waals surface area (Å²) in [4.78, 5) is 13.3. The summed E-state index contributed by atoms with van der Waals surface area (Å²) in [6.45, 7) is 4.17. The molecule has 3 rings (SSSR count). The van der Waals surface area contributed by atoms with E-state index in [9.17, 15) is 9.18 Å². The minimum absolute atomic E-state index is 0.0554. The lowest BCUT2D eigenvalue weighted by molar-refractivity contribution is -0.117. The number of tetrazole rings is 1. The van der Waals surface area contributed by atoms with E-state index >= 15 is 0 Å². The summed E-state index contributed by atoms with van der Waals surface area (Å²) in [5.41, 5.74) is 2.56. The molecule has 0 spiro atoms. The molecule has 0 radical (unpaired) electrons. The van der Waals surface area contributed by atoms with Crippen LogP contribution in [0.3, 0.4) is 0 Å². The fourth-order valence-electron chi connectivity index (χ4n) is 2.31. The number of carbonyl (C=O) groups is 1. The highest BCUT2D eigenvalue weighted by Crippen LogP contribution is 2.17. The minimum atomic E-state index is -0.334. The van der Waals surface area contributed by atoms with Gasteiger partial charge in [0.25, 0.3) is 0 Å². The van der Waals surface area contributed by atoms with Gasteiger partial charge in [0.1, 0.15) is 12.4 Å². The van der Waals surface area contributed by atoms with Crippen LogP contribution in [0.15, 0.2) is 48.5 Å². The van der Waals surface area contributed by atoms with Gasteiger partial charge in [0.05, 0.1) is 0 Å². The third-order valence-electron chi connectivity index (χ3n) is 3.70. The largest absolute Gasteiger partial charge is 0.324 e. The Morgan fingerprint density at radius 2 is 1.80 bits per heavy atom. The zero-order valence-electron chi connectivity index (χ0n) is 14.0. The summed E-state index contributed by atoms with van der Waals surface area (Å²) in [6.07, 6.45) is 0. The molecule has 1 heterocycles. The van der Waals surface area contributed by atoms with Crippen LogP contribution in [0, 0.1) is 5.82 Å². The quantitative estimate of drug-likeness (QED) is 0.774. The molecule has 0 aliphatic heterocycles. The van der Waals surface area contributed by atoms with Crippen molar-refractivity contribution in [3.05, 3.63) is 59.9 Å². The number of benzene rings is 2. The number of hydrogen-bond donors (Lipinski definition) is 1. The van der Waals surface area contributed by atoms with E-state index in [1.54, 1.807) is 12.1 Å². The molecule has 0 atom stereocenters. The summed E-state index contributed by atoms with van der Waals surface area (Å²) in [5.74, 6) is 0.197. The maximum Gasteiger partial charge on any atom is 0.248 e. The first-order valence-corrected chi connectivity index (χ1v) is 7.95. The second-order valence-electron chi connectivity index (χ2n) is 5.98. The van der Waals surface area contributed by atoms with E-state index in [-0.39, 0.29) is 18.3 Å². The van der Waals surface area contributed by atoms with Crippen molar-refractivity contribution >= 4 is 11.6 Å². The molecule has 0 bridgehead atoms. The van der Waals surface area contributed by atoms with Gasteiger partial charge in [-0.15, -0.1) is 10.2 Å². The maximum atomic E-state index is 12.9. The Morgan fingerprint density at radius 3 is 2.44 bits per heavy atom. The number of carbonyl (C=O) groups excluding carboxylic acids is 1. The fraction of sp³-hybridized carbons (Fsp3) is 0.222. The molecule has 0 fully saturated rings. The van der Waals surface area contributed by atoms with Gasteiger partial charge < -0.3 is 5.32 Å². The van der Waals surface area contributed by atoms with Crippen molar-refractivity contribution in [2.45, 2.75) is 26.3 Å². The minimum Gasteiger partial charge on any atom is -0.324 e. The molecule has 0 aliphatic rings. The van der Waals surface area contributed by atoms with Gasteiger partial charge in [0, 0.05) is 11.3 Å². The van der Waals surface area contributed by atoms with Crippen LogP contribution >= 0.6 is 0 Å². The Kier molecular flexibility index (Phi) is 4.83. The van der Waals surface area contributed by atoms with E-state index in [1.165, 1.54) is 22.5 Å². The lowest BCUT2D eigenvalue weighted by atomic mass is 10.0. The van der Waals surface area contributed by atoms with E-state index < -0.39 is 0 Å². The number of nitrogens with one attached hydrogen (secondary N) is 1. The van der Waals surface area contributed by atoms with E-state index in [2.05, 4.69) is 34.6 Å². The first-order valence-electron chi connectivity index (χ1n) is 7.95. The monoisotopic (exact) mass is 339 g/mol. The van der Waals surface area contributed by atoms with Gasteiger partial charge in [0.2, 0.25) is 11.7 Å². The number of amides is 1. The highest BCUT2D eigenvalue weighted by atomic mass is 19.1. The molecule has 1 aromatic heterocycles. The van der Waals surface area contributed by atoms with Crippen LogP contribution in [-0.2, 0) is 11.3 Å². The maximum absolute atomic E-state index is 12.9. The first-order chi connectivity index (χ1) is 12.0. The lowest BCUT2D eigenvalue weighted by Crippen LogP contribution is -2.20. The predicted octanol–water partition coefficient (Wildman–Crippen LogP) is 3.24. The average Bonchev–Trinajstić information content (AvgIpc) is 3.04. The Labute approximate surface area is 144 Å². The molecule has 128 valence electrons. The molecule has 0 unspecified atom stereocenters. The van der Waals surface area contributed by atoms with Gasteiger partial charge in [-0.2, -0.15) is 4.80 Å². The van der Waals surface area contributed by atoms with Crippen LogP contribution in [-0.4, -0.2) is 26.1 Å². The molecular weight excluding hydrogens is 321 g/mol. The van der Waals surface area contributed by atoms with Gasteiger partial charge in [-0.1, -0.05) is 26.0 Å². The molecule has 0 aliphatic carbocycles. The third kappa shape index (κ3) is 4.26. The van der Waals surface area contributed by atoms with Crippen LogP contribution in [0.4, 0.5) is 10.1 Å². The second-order valence-corrected chi connectivity index (χ2v) is 5.98. The smallest absolute Gasteiger partial charge is 0.248 e. The lowest BCUT2D eigenvalue weighted by Gasteiger charge is -2.08. The van der Waals surface area contributed by atoms with E-state index in [1.807, 2.05) is 24.3 Å². The van der Waals surface area contributed by atoms with Gasteiger partial charge in [-0.3, -0.25) is 4.79 Å². The number of rotatable bonds is 5. The topological polar surface area (TPSA) is 72.7 Å². The van der Waals surface area contributed by atoms with Gasteiger partial charge in [-0.05, 0) is 53.1 Å². The second kappa shape index (κ2) is 7.21. The highest BCUT2D eigenvalue weighted by molar-refractivity contribution is 5.90. The van der Waals surface area contributed by atoms with Crippen LogP contribution in [0.25, 0.3) is 11.4 Å². The molecular formula is C18H18FN5O. The van der Waals surface area contributed by atoms with Crippen LogP contribution in [0.1, 0.15) is 25.3 Å². The van der Waals surface area contributed by atoms with Gasteiger partial charge in [0.15, 0.2) is 0 Å². The number of anilines is 1. The predicted molar refractivity (Wildman–Crippen MR) is 92.4 cm³/mol. The molecule has 1 amide bonds. The van der Waals surface area contributed by atoms with Crippen molar-refractivity contribution < 1.29 is 9.18 Å². The van der Waals surface area contributed by atoms with Crippen molar-refractivity contribution in [3.8, 4) is 11.4 Å². The average molecular weight is 339 g/mol. The SMILES string of the molecule is CC(C)c1ccc(NC(=O)Cn2nnc(-c3ccc(F)cc3)n2)cc1. The van der Waals surface area contributed by atoms with Gasteiger partial charge >= 0.3 is 0 Å². The zero-order valence-corrected chi connectivity index (χ0v) is 14.0. The number of hydrogen-bond acceptors (Lipinski definition) is 4. The Hall–Kier alpha value is -3.09. The van der Waals surface area contributed by atoms with Crippen LogP contribution < -0.4 is 5.32 Å². The summed E-state index contributed by atoms with van der Waals surface area (Å²) in [7, 11) is 0. The molecule has 6 nitrogen and oxygen atoms in total. The molecule has 7 heteroatoms. The standard InChI is InChI=1S/C18H18FN5O/c1-12(2)13-5-9-16(10-6-13)20-17(25)11-24-22-18(21-23-24)14-3-7-15(19)8-4-14/h3-10,12H,11H2,1-2H3,(H,20,25). The van der Waals surface area contributed by atoms with Crippen molar-refractivity contribution in [2.24, 2.45) is 0 Å². The Morgan fingerprint density at radius 1 is 1.12 bits per heavy atom. The summed E-state index contributed by atoms with van der Waals surface area (Å²) in [5, 5.41) is 14.7. The number of aromatic nitrogens is 4. The van der Waals surface area contributed by atoms with Crippen LogP contribution in [0.5, 0.6) is 0 Å². The third-order valence-corrected chi connectivity index (χ3v) is 3.70. The van der Waals surface area contributed by atoms with Gasteiger partial charge in [-0.25, -0.2) is 4.39 Å². The Balaban J connectivity index is 1.62. The normalized spacial score (nSPS) is 10.9. The van der Waals surface area contributed by atoms with Crippen molar-refractivity contribution in [1.82, 2.24) is 20.2 Å². The fourth-order valence-corrected chi connectivity index (χ4v) is 2.31. The first kappa shape index (κ1) is 16.8. The van der Waals surface area contributed by atoms with Crippen molar-refractivity contribution in [2.75, 3.05) is 5.32 Å². The molecule has 3 aromatic rings. The summed E-state index contributed by atoms with van der Waals surface area (Å²) >= 11 is 0.